The molecular formula is C11H23BN2O2. The van der Waals surface area contributed by atoms with E-state index in [1.54, 1.807) is 0 Å². The molecule has 3 N–H and O–H groups in total. The molecule has 0 aromatic heterocycles. The van der Waals surface area contributed by atoms with Crippen LogP contribution in [0.2, 0.25) is 13.6 Å². The second-order valence-electron chi connectivity index (χ2n) is 4.96. The minimum absolute atomic E-state index is 0.0599. The van der Waals surface area contributed by atoms with Gasteiger partial charge in [-0.3, -0.25) is 4.79 Å². The Bertz CT molecular complexity index is 236. The molecule has 5 heteroatoms. The monoisotopic (exact) mass is 226 g/mol. The van der Waals surface area contributed by atoms with Crippen molar-refractivity contribution in [1.29, 1.82) is 0 Å². The van der Waals surface area contributed by atoms with Crippen molar-refractivity contribution in [3.05, 3.63) is 0 Å². The number of aliphatic hydroxyl groups excluding tert-OH is 1. The Kier molecular flexibility index (Phi) is 5.28. The smallest absolute Gasteiger partial charge is 0.239 e. The van der Waals surface area contributed by atoms with Gasteiger partial charge in [-0.05, 0) is 25.7 Å². The van der Waals surface area contributed by atoms with E-state index < -0.39 is 6.04 Å². The van der Waals surface area contributed by atoms with Gasteiger partial charge in [0, 0.05) is 19.1 Å². The Hall–Kier alpha value is -0.545. The predicted molar refractivity (Wildman–Crippen MR) is 66.5 cm³/mol. The van der Waals surface area contributed by atoms with Gasteiger partial charge in [-0.15, -0.1) is 0 Å². The van der Waals surface area contributed by atoms with Crippen LogP contribution in [0.3, 0.4) is 0 Å². The maximum atomic E-state index is 12.1. The first-order valence-corrected chi connectivity index (χ1v) is 6.24. The Morgan fingerprint density at radius 2 is 2.31 bits per heavy atom. The molecular weight excluding hydrogens is 203 g/mol. The lowest BCUT2D eigenvalue weighted by atomic mass is 9.47. The molecule has 2 unspecified atom stereocenters. The Morgan fingerprint density at radius 3 is 2.88 bits per heavy atom. The van der Waals surface area contributed by atoms with Gasteiger partial charge in [-0.1, -0.05) is 13.6 Å². The summed E-state index contributed by atoms with van der Waals surface area (Å²) in [5, 5.41) is 8.72. The highest BCUT2D eigenvalue weighted by Crippen LogP contribution is 2.20. The predicted octanol–water partition coefficient (Wildman–Crippen LogP) is 0.371. The van der Waals surface area contributed by atoms with Crippen molar-refractivity contribution in [2.45, 2.75) is 51.3 Å². The van der Waals surface area contributed by atoms with Crippen molar-refractivity contribution < 1.29 is 9.90 Å². The van der Waals surface area contributed by atoms with Crippen LogP contribution in [-0.2, 0) is 4.79 Å². The van der Waals surface area contributed by atoms with Crippen LogP contribution >= 0.6 is 0 Å². The Balaban J connectivity index is 2.51. The highest BCUT2D eigenvalue weighted by atomic mass is 16.3. The van der Waals surface area contributed by atoms with Crippen molar-refractivity contribution in [2.24, 2.45) is 5.73 Å². The molecule has 0 aliphatic carbocycles. The van der Waals surface area contributed by atoms with E-state index in [-0.39, 0.29) is 12.5 Å². The summed E-state index contributed by atoms with van der Waals surface area (Å²) in [6.45, 7) is 5.74. The van der Waals surface area contributed by atoms with Gasteiger partial charge in [0.1, 0.15) is 0 Å². The number of rotatable bonds is 5. The van der Waals surface area contributed by atoms with Crippen molar-refractivity contribution in [2.75, 3.05) is 13.2 Å². The van der Waals surface area contributed by atoms with E-state index in [4.69, 9.17) is 10.8 Å². The number of hydrogen-bond acceptors (Lipinski definition) is 3. The molecule has 1 fully saturated rings. The van der Waals surface area contributed by atoms with E-state index in [1.807, 2.05) is 4.90 Å². The topological polar surface area (TPSA) is 66.6 Å². The molecule has 1 rings (SSSR count). The minimum atomic E-state index is -0.438. The highest BCUT2D eigenvalue weighted by molar-refractivity contribution is 6.57. The molecule has 0 radical (unpaired) electrons. The number of likely N-dealkylation sites (tertiary alicyclic amines) is 1. The van der Waals surface area contributed by atoms with Crippen LogP contribution in [0.4, 0.5) is 0 Å². The van der Waals surface area contributed by atoms with E-state index >= 15 is 0 Å². The minimum Gasteiger partial charge on any atom is -0.396 e. The zero-order chi connectivity index (χ0) is 12.1. The molecule has 2 atom stereocenters. The number of carbonyl (C=O) groups excluding carboxylic acids is 1. The summed E-state index contributed by atoms with van der Waals surface area (Å²) in [6, 6.07) is -0.438. The summed E-state index contributed by atoms with van der Waals surface area (Å²) < 4.78 is 0. The molecule has 0 aromatic carbocycles. The molecule has 1 saturated heterocycles. The van der Waals surface area contributed by atoms with Crippen molar-refractivity contribution >= 4 is 12.6 Å². The van der Waals surface area contributed by atoms with Crippen molar-refractivity contribution in [1.82, 2.24) is 4.90 Å². The molecule has 0 aromatic rings. The third-order valence-corrected chi connectivity index (χ3v) is 3.34. The van der Waals surface area contributed by atoms with Crippen molar-refractivity contribution in [3.63, 3.8) is 0 Å². The number of carbonyl (C=O) groups is 1. The lowest BCUT2D eigenvalue weighted by Gasteiger charge is -2.29. The lowest BCUT2D eigenvalue weighted by molar-refractivity contribution is -0.132. The molecule has 1 amide bonds. The highest BCUT2D eigenvalue weighted by Gasteiger charge is 2.33. The fourth-order valence-electron chi connectivity index (χ4n) is 2.41. The zero-order valence-electron chi connectivity index (χ0n) is 10.4. The normalized spacial score (nSPS) is 22.2. The summed E-state index contributed by atoms with van der Waals surface area (Å²) in [6.07, 6.45) is 3.36. The summed E-state index contributed by atoms with van der Waals surface area (Å²) in [4.78, 5) is 14.0. The van der Waals surface area contributed by atoms with E-state index in [1.165, 1.54) is 0 Å². The summed E-state index contributed by atoms with van der Waals surface area (Å²) in [7, 11) is 0. The second-order valence-corrected chi connectivity index (χ2v) is 4.96. The average molecular weight is 226 g/mol. The number of nitrogens with two attached hydrogens (primary N) is 1. The molecule has 0 bridgehead atoms. The number of aliphatic hydroxyl groups is 1. The second kappa shape index (κ2) is 6.25. The van der Waals surface area contributed by atoms with E-state index in [0.717, 1.165) is 19.4 Å². The quantitative estimate of drug-likeness (QED) is 0.665. The van der Waals surface area contributed by atoms with Gasteiger partial charge in [0.15, 0.2) is 6.71 Å². The van der Waals surface area contributed by atoms with Crippen molar-refractivity contribution in [3.8, 4) is 0 Å². The van der Waals surface area contributed by atoms with E-state index in [9.17, 15) is 4.79 Å². The summed E-state index contributed by atoms with van der Waals surface area (Å²) in [5.41, 5.74) is 5.84. The molecule has 16 heavy (non-hydrogen) atoms. The third kappa shape index (κ3) is 3.22. The average Bonchev–Trinajstić information content (AvgIpc) is 2.73. The van der Waals surface area contributed by atoms with Gasteiger partial charge in [-0.25, -0.2) is 0 Å². The number of amides is 1. The van der Waals surface area contributed by atoms with Crippen LogP contribution < -0.4 is 5.73 Å². The van der Waals surface area contributed by atoms with Crippen LogP contribution in [0.15, 0.2) is 0 Å². The first-order valence-electron chi connectivity index (χ1n) is 6.24. The fourth-order valence-corrected chi connectivity index (χ4v) is 2.41. The molecule has 4 nitrogen and oxygen atoms in total. The SMILES string of the molecule is CB(C)C1CCCN1C(=O)C(N)CCCO. The summed E-state index contributed by atoms with van der Waals surface area (Å²) in [5.74, 6) is 0.414. The Labute approximate surface area is 98.3 Å². The van der Waals surface area contributed by atoms with Crippen LogP contribution in [0.5, 0.6) is 0 Å². The van der Waals surface area contributed by atoms with Gasteiger partial charge < -0.3 is 15.7 Å². The standard InChI is InChI=1S/C11H23BN2O2/c1-12(2)10-6-3-7-14(10)11(16)9(13)5-4-8-15/h9-10,15H,3-8,13H2,1-2H3. The van der Waals surface area contributed by atoms with Crippen LogP contribution in [0.1, 0.15) is 25.7 Å². The first-order chi connectivity index (χ1) is 7.57. The third-order valence-electron chi connectivity index (χ3n) is 3.34. The zero-order valence-corrected chi connectivity index (χ0v) is 10.4. The largest absolute Gasteiger partial charge is 0.396 e. The van der Waals surface area contributed by atoms with Gasteiger partial charge in [0.25, 0.3) is 0 Å². The molecule has 0 saturated carbocycles. The van der Waals surface area contributed by atoms with Gasteiger partial charge >= 0.3 is 0 Å². The number of nitrogens with zero attached hydrogens (tertiary/aromatic N) is 1. The van der Waals surface area contributed by atoms with E-state index in [2.05, 4.69) is 13.6 Å². The molecule has 92 valence electrons. The molecule has 1 heterocycles. The molecule has 1 aliphatic rings. The van der Waals surface area contributed by atoms with Gasteiger partial charge in [-0.2, -0.15) is 0 Å². The molecule has 1 aliphatic heterocycles. The Morgan fingerprint density at radius 1 is 1.62 bits per heavy atom. The number of hydrogen-bond donors (Lipinski definition) is 2. The van der Waals surface area contributed by atoms with Crippen LogP contribution in [0, 0.1) is 0 Å². The van der Waals surface area contributed by atoms with Crippen LogP contribution in [0.25, 0.3) is 0 Å². The first kappa shape index (κ1) is 13.5. The fraction of sp³-hybridized carbons (Fsp3) is 0.909. The summed E-state index contributed by atoms with van der Waals surface area (Å²) >= 11 is 0. The van der Waals surface area contributed by atoms with Crippen LogP contribution in [-0.4, -0.2) is 47.8 Å². The maximum Gasteiger partial charge on any atom is 0.239 e. The van der Waals surface area contributed by atoms with E-state index in [0.29, 0.717) is 25.5 Å². The lowest BCUT2D eigenvalue weighted by Crippen LogP contribution is -2.49. The maximum absolute atomic E-state index is 12.1. The molecule has 0 spiro atoms. The van der Waals surface area contributed by atoms with Gasteiger partial charge in [0.05, 0.1) is 6.04 Å². The van der Waals surface area contributed by atoms with Gasteiger partial charge in [0.2, 0.25) is 5.91 Å².